The summed E-state index contributed by atoms with van der Waals surface area (Å²) >= 11 is 0. The van der Waals surface area contributed by atoms with Crippen molar-refractivity contribution in [1.82, 2.24) is 10.2 Å². The summed E-state index contributed by atoms with van der Waals surface area (Å²) in [6, 6.07) is 6.98. The molecule has 1 fully saturated rings. The highest BCUT2D eigenvalue weighted by molar-refractivity contribution is 5.93. The second kappa shape index (κ2) is 7.08. The molecule has 1 aromatic rings. The van der Waals surface area contributed by atoms with E-state index in [2.05, 4.69) is 12.2 Å². The van der Waals surface area contributed by atoms with E-state index in [4.69, 9.17) is 10.5 Å². The first kappa shape index (κ1) is 15.3. The number of rotatable bonds is 5. The predicted octanol–water partition coefficient (Wildman–Crippen LogP) is 0.375. The second-order valence-corrected chi connectivity index (χ2v) is 5.19. The fourth-order valence-corrected chi connectivity index (χ4v) is 2.31. The van der Waals surface area contributed by atoms with E-state index in [9.17, 15) is 9.59 Å². The number of nitrogens with zero attached hydrogens (tertiary/aromatic N) is 1. The van der Waals surface area contributed by atoms with Gasteiger partial charge in [-0.2, -0.15) is 0 Å². The van der Waals surface area contributed by atoms with Gasteiger partial charge in [0, 0.05) is 31.2 Å². The molecule has 0 aliphatic carbocycles. The third-order valence-electron chi connectivity index (χ3n) is 3.42. The zero-order valence-corrected chi connectivity index (χ0v) is 12.2. The molecular weight excluding hydrogens is 270 g/mol. The standard InChI is InChI=1S/C15H21N3O3/c1-11-10-18(7-6-17-11)14(19)5-8-21-13-4-2-3-12(9-13)15(16)20/h2-4,9,11,17H,5-8,10H2,1H3,(H2,16,20)/t11-/m0/s1. The van der Waals surface area contributed by atoms with Crippen molar-refractivity contribution in [1.29, 1.82) is 0 Å². The zero-order chi connectivity index (χ0) is 15.2. The van der Waals surface area contributed by atoms with Gasteiger partial charge in [-0.1, -0.05) is 6.07 Å². The first-order chi connectivity index (χ1) is 10.1. The molecule has 1 atom stereocenters. The van der Waals surface area contributed by atoms with Crippen molar-refractivity contribution in [3.05, 3.63) is 29.8 Å². The highest BCUT2D eigenvalue weighted by atomic mass is 16.5. The minimum Gasteiger partial charge on any atom is -0.493 e. The SMILES string of the molecule is C[C@H]1CN(C(=O)CCOc2cccc(C(N)=O)c2)CCN1. The molecule has 0 bridgehead atoms. The lowest BCUT2D eigenvalue weighted by atomic mass is 10.2. The first-order valence-corrected chi connectivity index (χ1v) is 7.10. The number of carbonyl (C=O) groups excluding carboxylic acids is 2. The van der Waals surface area contributed by atoms with Gasteiger partial charge in [-0.25, -0.2) is 0 Å². The highest BCUT2D eigenvalue weighted by Crippen LogP contribution is 2.13. The zero-order valence-electron chi connectivity index (χ0n) is 12.2. The molecule has 1 aliphatic heterocycles. The van der Waals surface area contributed by atoms with Crippen LogP contribution >= 0.6 is 0 Å². The van der Waals surface area contributed by atoms with Crippen LogP contribution < -0.4 is 15.8 Å². The normalized spacial score (nSPS) is 18.3. The molecule has 0 unspecified atom stereocenters. The Balaban J connectivity index is 1.79. The summed E-state index contributed by atoms with van der Waals surface area (Å²) in [6.45, 7) is 4.65. The lowest BCUT2D eigenvalue weighted by molar-refractivity contribution is -0.132. The number of amides is 2. The Morgan fingerprint density at radius 1 is 1.48 bits per heavy atom. The molecule has 3 N–H and O–H groups in total. The molecule has 0 saturated carbocycles. The fourth-order valence-electron chi connectivity index (χ4n) is 2.31. The second-order valence-electron chi connectivity index (χ2n) is 5.19. The summed E-state index contributed by atoms with van der Waals surface area (Å²) in [7, 11) is 0. The van der Waals surface area contributed by atoms with Crippen LogP contribution in [0.25, 0.3) is 0 Å². The molecule has 0 spiro atoms. The Hall–Kier alpha value is -2.08. The van der Waals surface area contributed by atoms with Crippen molar-refractivity contribution in [3.63, 3.8) is 0 Å². The van der Waals surface area contributed by atoms with Gasteiger partial charge in [0.2, 0.25) is 11.8 Å². The van der Waals surface area contributed by atoms with Crippen molar-refractivity contribution in [3.8, 4) is 5.75 Å². The number of hydrogen-bond donors (Lipinski definition) is 2. The van der Waals surface area contributed by atoms with E-state index in [1.54, 1.807) is 24.3 Å². The predicted molar refractivity (Wildman–Crippen MR) is 79.1 cm³/mol. The van der Waals surface area contributed by atoms with Gasteiger partial charge in [0.25, 0.3) is 0 Å². The molecule has 2 amide bonds. The van der Waals surface area contributed by atoms with Crippen LogP contribution in [0.5, 0.6) is 5.75 Å². The Morgan fingerprint density at radius 3 is 3.00 bits per heavy atom. The Morgan fingerprint density at radius 2 is 2.29 bits per heavy atom. The average Bonchev–Trinajstić information content (AvgIpc) is 2.47. The van der Waals surface area contributed by atoms with E-state index in [0.717, 1.165) is 19.6 Å². The summed E-state index contributed by atoms with van der Waals surface area (Å²) in [5.74, 6) is 0.147. The minimum atomic E-state index is -0.494. The third-order valence-corrected chi connectivity index (χ3v) is 3.42. The smallest absolute Gasteiger partial charge is 0.248 e. The van der Waals surface area contributed by atoms with E-state index in [0.29, 0.717) is 30.4 Å². The number of piperazine rings is 1. The molecule has 2 rings (SSSR count). The number of carbonyl (C=O) groups is 2. The number of hydrogen-bond acceptors (Lipinski definition) is 4. The fraction of sp³-hybridized carbons (Fsp3) is 0.467. The molecule has 6 nitrogen and oxygen atoms in total. The van der Waals surface area contributed by atoms with Crippen molar-refractivity contribution in [2.24, 2.45) is 5.73 Å². The Labute approximate surface area is 124 Å². The molecule has 21 heavy (non-hydrogen) atoms. The molecule has 1 aliphatic rings. The van der Waals surface area contributed by atoms with Gasteiger partial charge in [-0.3, -0.25) is 9.59 Å². The molecule has 114 valence electrons. The number of nitrogens with two attached hydrogens (primary N) is 1. The summed E-state index contributed by atoms with van der Waals surface area (Å²) < 4.78 is 5.51. The maximum Gasteiger partial charge on any atom is 0.248 e. The third kappa shape index (κ3) is 4.46. The molecule has 1 saturated heterocycles. The van der Waals surface area contributed by atoms with Crippen LogP contribution in [0.1, 0.15) is 23.7 Å². The van der Waals surface area contributed by atoms with E-state index in [-0.39, 0.29) is 5.91 Å². The highest BCUT2D eigenvalue weighted by Gasteiger charge is 2.20. The maximum absolute atomic E-state index is 12.1. The Bertz CT molecular complexity index is 519. The molecule has 1 aromatic carbocycles. The molecule has 1 heterocycles. The topological polar surface area (TPSA) is 84.7 Å². The summed E-state index contributed by atoms with van der Waals surface area (Å²) in [5, 5.41) is 3.30. The van der Waals surface area contributed by atoms with Crippen LogP contribution in [-0.4, -0.2) is 49.0 Å². The van der Waals surface area contributed by atoms with Crippen LogP contribution in [0, 0.1) is 0 Å². The quantitative estimate of drug-likeness (QED) is 0.821. The molecule has 0 radical (unpaired) electrons. The van der Waals surface area contributed by atoms with Gasteiger partial charge >= 0.3 is 0 Å². The van der Waals surface area contributed by atoms with Gasteiger partial charge < -0.3 is 20.7 Å². The average molecular weight is 291 g/mol. The van der Waals surface area contributed by atoms with Crippen molar-refractivity contribution in [2.75, 3.05) is 26.2 Å². The lowest BCUT2D eigenvalue weighted by Gasteiger charge is -2.31. The monoisotopic (exact) mass is 291 g/mol. The van der Waals surface area contributed by atoms with Gasteiger partial charge in [-0.05, 0) is 25.1 Å². The lowest BCUT2D eigenvalue weighted by Crippen LogP contribution is -2.51. The number of benzene rings is 1. The first-order valence-electron chi connectivity index (χ1n) is 7.10. The number of primary amides is 1. The Kier molecular flexibility index (Phi) is 5.16. The summed E-state index contributed by atoms with van der Waals surface area (Å²) in [4.78, 5) is 25.0. The van der Waals surface area contributed by atoms with Gasteiger partial charge in [0.05, 0.1) is 13.0 Å². The van der Waals surface area contributed by atoms with E-state index in [1.165, 1.54) is 0 Å². The minimum absolute atomic E-state index is 0.0920. The largest absolute Gasteiger partial charge is 0.493 e. The van der Waals surface area contributed by atoms with Crippen molar-refractivity contribution < 1.29 is 14.3 Å². The van der Waals surface area contributed by atoms with Crippen LogP contribution in [0.2, 0.25) is 0 Å². The van der Waals surface area contributed by atoms with E-state index >= 15 is 0 Å². The summed E-state index contributed by atoms with van der Waals surface area (Å²) in [6.07, 6.45) is 0.327. The van der Waals surface area contributed by atoms with E-state index < -0.39 is 5.91 Å². The van der Waals surface area contributed by atoms with Crippen molar-refractivity contribution >= 4 is 11.8 Å². The van der Waals surface area contributed by atoms with Crippen molar-refractivity contribution in [2.45, 2.75) is 19.4 Å². The number of ether oxygens (including phenoxy) is 1. The summed E-state index contributed by atoms with van der Waals surface area (Å²) in [5.41, 5.74) is 5.61. The molecule has 6 heteroatoms. The maximum atomic E-state index is 12.1. The van der Waals surface area contributed by atoms with Gasteiger partial charge in [0.1, 0.15) is 5.75 Å². The van der Waals surface area contributed by atoms with E-state index in [1.807, 2.05) is 4.90 Å². The van der Waals surface area contributed by atoms with Gasteiger partial charge in [-0.15, -0.1) is 0 Å². The van der Waals surface area contributed by atoms with Crippen LogP contribution in [0.4, 0.5) is 0 Å². The van der Waals surface area contributed by atoms with Gasteiger partial charge in [0.15, 0.2) is 0 Å². The number of nitrogens with one attached hydrogen (secondary N) is 1. The molecular formula is C15H21N3O3. The van der Waals surface area contributed by atoms with Crippen LogP contribution in [0.15, 0.2) is 24.3 Å². The van der Waals surface area contributed by atoms with Crippen LogP contribution in [0.3, 0.4) is 0 Å². The molecule has 0 aromatic heterocycles. The van der Waals surface area contributed by atoms with Crippen LogP contribution in [-0.2, 0) is 4.79 Å².